The molecule has 2 aromatic rings. The molecule has 8 heteroatoms. The smallest absolute Gasteiger partial charge is 0.332 e. The van der Waals surface area contributed by atoms with Gasteiger partial charge >= 0.3 is 5.69 Å². The van der Waals surface area contributed by atoms with Crippen LogP contribution in [0.4, 0.5) is 11.6 Å². The van der Waals surface area contributed by atoms with Crippen molar-refractivity contribution in [3.8, 4) is 0 Å². The second-order valence-corrected chi connectivity index (χ2v) is 5.86. The molecule has 0 radical (unpaired) electrons. The monoisotopic (exact) mass is 316 g/mol. The number of hydrogen-bond acceptors (Lipinski definition) is 6. The Hall–Kier alpha value is -2.64. The van der Waals surface area contributed by atoms with E-state index in [-0.39, 0.29) is 17.3 Å². The number of rotatable bonds is 3. The van der Waals surface area contributed by atoms with E-state index in [1.54, 1.807) is 19.4 Å². The number of anilines is 2. The van der Waals surface area contributed by atoms with Crippen molar-refractivity contribution in [2.45, 2.75) is 19.4 Å². The summed E-state index contributed by atoms with van der Waals surface area (Å²) in [5, 5.41) is 3.36. The van der Waals surface area contributed by atoms with E-state index in [0.717, 1.165) is 29.0 Å². The van der Waals surface area contributed by atoms with Crippen LogP contribution in [0.3, 0.4) is 0 Å². The van der Waals surface area contributed by atoms with Crippen LogP contribution in [0.2, 0.25) is 0 Å². The van der Waals surface area contributed by atoms with E-state index in [2.05, 4.69) is 15.3 Å². The van der Waals surface area contributed by atoms with Gasteiger partial charge in [0.15, 0.2) is 0 Å². The van der Waals surface area contributed by atoms with Gasteiger partial charge in [0, 0.05) is 45.5 Å². The average molecular weight is 316 g/mol. The lowest BCUT2D eigenvalue weighted by molar-refractivity contribution is 0.672. The molecule has 1 saturated heterocycles. The molecule has 0 saturated carbocycles. The molecule has 0 spiro atoms. The average Bonchev–Trinajstić information content (AvgIpc) is 2.97. The Labute approximate surface area is 133 Å². The largest absolute Gasteiger partial charge is 0.364 e. The third kappa shape index (κ3) is 2.96. The Kier molecular flexibility index (Phi) is 3.89. The zero-order chi connectivity index (χ0) is 16.6. The molecule has 0 aliphatic carbocycles. The maximum atomic E-state index is 12.0. The van der Waals surface area contributed by atoms with Gasteiger partial charge in [0.1, 0.15) is 11.6 Å². The molecule has 1 N–H and O–H groups in total. The molecule has 3 heterocycles. The van der Waals surface area contributed by atoms with Crippen LogP contribution in [0.5, 0.6) is 0 Å². The van der Waals surface area contributed by atoms with Crippen LogP contribution in [0.15, 0.2) is 28.0 Å². The Bertz CT molecular complexity index is 841. The highest BCUT2D eigenvalue weighted by Gasteiger charge is 2.25. The van der Waals surface area contributed by atoms with Crippen molar-refractivity contribution < 1.29 is 0 Å². The number of hydrogen-bond donors (Lipinski definition) is 1. The fourth-order valence-electron chi connectivity index (χ4n) is 2.85. The van der Waals surface area contributed by atoms with Gasteiger partial charge in [0.05, 0.1) is 11.9 Å². The summed E-state index contributed by atoms with van der Waals surface area (Å²) in [6.07, 6.45) is 4.31. The van der Waals surface area contributed by atoms with Crippen molar-refractivity contribution in [2.75, 3.05) is 23.3 Å². The van der Waals surface area contributed by atoms with E-state index in [9.17, 15) is 9.59 Å². The van der Waals surface area contributed by atoms with E-state index < -0.39 is 0 Å². The summed E-state index contributed by atoms with van der Waals surface area (Å²) >= 11 is 0. The van der Waals surface area contributed by atoms with Crippen molar-refractivity contribution in [2.24, 2.45) is 14.1 Å². The number of aromatic nitrogens is 4. The Balaban J connectivity index is 1.78. The summed E-state index contributed by atoms with van der Waals surface area (Å²) in [6.45, 7) is 3.38. The highest BCUT2D eigenvalue weighted by atomic mass is 16.2. The second-order valence-electron chi connectivity index (χ2n) is 5.86. The first-order valence-electron chi connectivity index (χ1n) is 7.53. The molecular weight excluding hydrogens is 296 g/mol. The lowest BCUT2D eigenvalue weighted by Crippen LogP contribution is -2.40. The van der Waals surface area contributed by atoms with E-state index in [0.29, 0.717) is 12.4 Å². The quantitative estimate of drug-likeness (QED) is 0.849. The van der Waals surface area contributed by atoms with Crippen LogP contribution >= 0.6 is 0 Å². The Morgan fingerprint density at radius 1 is 1.22 bits per heavy atom. The third-order valence-electron chi connectivity index (χ3n) is 4.12. The normalized spacial score (nSPS) is 17.5. The standard InChI is InChI=1S/C15H20N6O2/c1-10-7-16-8-12(17-10)18-11-4-5-21(9-11)13-6-14(22)20(3)15(23)19(13)2/h6-8,11H,4-5,9H2,1-3H3,(H,17,18)/t11-/m0/s1. The third-order valence-corrected chi connectivity index (χ3v) is 4.12. The van der Waals surface area contributed by atoms with Crippen LogP contribution in [0.1, 0.15) is 12.1 Å². The van der Waals surface area contributed by atoms with Crippen LogP contribution in [0.25, 0.3) is 0 Å². The topological polar surface area (TPSA) is 85.0 Å². The molecule has 8 nitrogen and oxygen atoms in total. The predicted molar refractivity (Wildman–Crippen MR) is 87.9 cm³/mol. The highest BCUT2D eigenvalue weighted by molar-refractivity contribution is 5.42. The van der Waals surface area contributed by atoms with Gasteiger partial charge in [-0.2, -0.15) is 0 Å². The molecule has 23 heavy (non-hydrogen) atoms. The van der Waals surface area contributed by atoms with Crippen molar-refractivity contribution in [3.05, 3.63) is 45.0 Å². The minimum Gasteiger partial charge on any atom is -0.364 e. The Morgan fingerprint density at radius 3 is 2.74 bits per heavy atom. The first kappa shape index (κ1) is 15.3. The predicted octanol–water partition coefficient (Wildman–Crippen LogP) is -0.127. The van der Waals surface area contributed by atoms with Gasteiger partial charge in [-0.05, 0) is 13.3 Å². The Morgan fingerprint density at radius 2 is 2.00 bits per heavy atom. The van der Waals surface area contributed by atoms with Crippen LogP contribution in [-0.2, 0) is 14.1 Å². The van der Waals surface area contributed by atoms with E-state index in [1.165, 1.54) is 17.7 Å². The minimum atomic E-state index is -0.312. The van der Waals surface area contributed by atoms with Crippen molar-refractivity contribution >= 4 is 11.6 Å². The fourth-order valence-corrected chi connectivity index (χ4v) is 2.85. The van der Waals surface area contributed by atoms with Gasteiger partial charge in [0.2, 0.25) is 0 Å². The number of aryl methyl sites for hydroxylation is 1. The summed E-state index contributed by atoms with van der Waals surface area (Å²) in [5.41, 5.74) is 0.260. The molecule has 2 aromatic heterocycles. The molecule has 122 valence electrons. The SMILES string of the molecule is Cc1cncc(N[C@H]2CCN(c3cc(=O)n(C)c(=O)n3C)C2)n1. The second kappa shape index (κ2) is 5.86. The first-order valence-corrected chi connectivity index (χ1v) is 7.53. The van der Waals surface area contributed by atoms with Gasteiger partial charge in [0.25, 0.3) is 5.56 Å². The zero-order valence-electron chi connectivity index (χ0n) is 13.5. The van der Waals surface area contributed by atoms with Gasteiger partial charge in [-0.15, -0.1) is 0 Å². The summed E-state index contributed by atoms with van der Waals surface area (Å²) in [4.78, 5) is 34.5. The molecule has 0 amide bonds. The molecule has 0 aromatic carbocycles. The van der Waals surface area contributed by atoms with E-state index in [1.807, 2.05) is 11.8 Å². The van der Waals surface area contributed by atoms with Crippen LogP contribution < -0.4 is 21.5 Å². The van der Waals surface area contributed by atoms with Gasteiger partial charge in [-0.1, -0.05) is 0 Å². The lowest BCUT2D eigenvalue weighted by atomic mass is 10.2. The highest BCUT2D eigenvalue weighted by Crippen LogP contribution is 2.19. The number of nitrogens with one attached hydrogen (secondary N) is 1. The first-order chi connectivity index (χ1) is 11.0. The van der Waals surface area contributed by atoms with Gasteiger partial charge in [-0.3, -0.25) is 18.9 Å². The van der Waals surface area contributed by atoms with Gasteiger partial charge < -0.3 is 10.2 Å². The summed E-state index contributed by atoms with van der Waals surface area (Å²) in [5.74, 6) is 1.40. The van der Waals surface area contributed by atoms with E-state index in [4.69, 9.17) is 0 Å². The number of nitrogens with zero attached hydrogens (tertiary/aromatic N) is 5. The maximum Gasteiger partial charge on any atom is 0.332 e. The van der Waals surface area contributed by atoms with Crippen molar-refractivity contribution in [1.82, 2.24) is 19.1 Å². The molecule has 1 aliphatic rings. The summed E-state index contributed by atoms with van der Waals surface area (Å²) in [7, 11) is 3.17. The zero-order valence-corrected chi connectivity index (χ0v) is 13.5. The van der Waals surface area contributed by atoms with Crippen molar-refractivity contribution in [3.63, 3.8) is 0 Å². The van der Waals surface area contributed by atoms with Gasteiger partial charge in [-0.25, -0.2) is 9.78 Å². The molecule has 0 unspecified atom stereocenters. The molecule has 3 rings (SSSR count). The van der Waals surface area contributed by atoms with Crippen LogP contribution in [-0.4, -0.2) is 38.2 Å². The lowest BCUT2D eigenvalue weighted by Gasteiger charge is -2.21. The molecule has 1 aliphatic heterocycles. The molecule has 1 fully saturated rings. The molecule has 0 bridgehead atoms. The summed E-state index contributed by atoms with van der Waals surface area (Å²) in [6, 6.07) is 1.71. The fraction of sp³-hybridized carbons (Fsp3) is 0.467. The minimum absolute atomic E-state index is 0.199. The molecule has 1 atom stereocenters. The maximum absolute atomic E-state index is 12.0. The van der Waals surface area contributed by atoms with Crippen LogP contribution in [0, 0.1) is 6.92 Å². The van der Waals surface area contributed by atoms with Crippen molar-refractivity contribution in [1.29, 1.82) is 0 Å². The molecular formula is C15H20N6O2. The summed E-state index contributed by atoms with van der Waals surface area (Å²) < 4.78 is 2.62. The van der Waals surface area contributed by atoms with E-state index >= 15 is 0 Å².